The number of ether oxygens (including phenoxy) is 1. The number of allylic oxidation sites excluding steroid dienone is 1. The number of rotatable bonds is 6. The molecule has 1 N–H and O–H groups in total. The maximum atomic E-state index is 11.7. The van der Waals surface area contributed by atoms with Gasteiger partial charge in [0.15, 0.2) is 0 Å². The van der Waals surface area contributed by atoms with Crippen LogP contribution in [0, 0.1) is 11.8 Å². The van der Waals surface area contributed by atoms with Gasteiger partial charge in [-0.2, -0.15) is 0 Å². The first kappa shape index (κ1) is 20.2. The molecule has 4 nitrogen and oxygen atoms in total. The molecule has 0 spiro atoms. The zero-order chi connectivity index (χ0) is 19.2. The normalized spacial score (nSPS) is 20.9. The fourth-order valence-corrected chi connectivity index (χ4v) is 3.40. The molecule has 1 aromatic rings. The monoisotopic (exact) mass is 358 g/mol. The third kappa shape index (κ3) is 7.03. The second-order valence-electron chi connectivity index (χ2n) is 8.21. The van der Waals surface area contributed by atoms with E-state index in [9.17, 15) is 9.59 Å². The van der Waals surface area contributed by atoms with E-state index in [1.54, 1.807) is 18.2 Å². The standard InChI is InChI=1S/C22H30O4/c1-22(2,3)26-20(23)15-12-17-7-4-16(5-8-17)6-9-18-10-13-19(14-11-18)21(24)25/h10-17H,4-9H2,1-3H3,(H,24,25)/b15-12+. The minimum atomic E-state index is -0.880. The highest BCUT2D eigenvalue weighted by molar-refractivity contribution is 5.87. The Labute approximate surface area is 156 Å². The Hall–Kier alpha value is -2.10. The average Bonchev–Trinajstić information content (AvgIpc) is 2.58. The van der Waals surface area contributed by atoms with Crippen molar-refractivity contribution in [1.29, 1.82) is 0 Å². The lowest BCUT2D eigenvalue weighted by Crippen LogP contribution is -2.22. The summed E-state index contributed by atoms with van der Waals surface area (Å²) in [6.07, 6.45) is 10.3. The smallest absolute Gasteiger partial charge is 0.335 e. The fourth-order valence-electron chi connectivity index (χ4n) is 3.40. The van der Waals surface area contributed by atoms with Crippen molar-refractivity contribution < 1.29 is 19.4 Å². The van der Waals surface area contributed by atoms with Crippen LogP contribution in [-0.4, -0.2) is 22.6 Å². The van der Waals surface area contributed by atoms with Gasteiger partial charge in [0.05, 0.1) is 5.56 Å². The Kier molecular flexibility index (Phi) is 7.01. The minimum absolute atomic E-state index is 0.260. The Balaban J connectivity index is 1.71. The first-order chi connectivity index (χ1) is 12.2. The molecule has 1 aromatic carbocycles. The molecule has 1 aliphatic carbocycles. The summed E-state index contributed by atoms with van der Waals surface area (Å²) in [4.78, 5) is 22.6. The number of aromatic carboxylic acids is 1. The molecular formula is C22H30O4. The fraction of sp³-hybridized carbons (Fsp3) is 0.545. The van der Waals surface area contributed by atoms with Gasteiger partial charge in [0, 0.05) is 6.08 Å². The van der Waals surface area contributed by atoms with Crippen molar-refractivity contribution in [2.75, 3.05) is 0 Å². The summed E-state index contributed by atoms with van der Waals surface area (Å²) in [7, 11) is 0. The summed E-state index contributed by atoms with van der Waals surface area (Å²) in [5.41, 5.74) is 1.09. The van der Waals surface area contributed by atoms with Crippen molar-refractivity contribution in [3.8, 4) is 0 Å². The first-order valence-corrected chi connectivity index (χ1v) is 9.46. The summed E-state index contributed by atoms with van der Waals surface area (Å²) in [5, 5.41) is 8.93. The topological polar surface area (TPSA) is 63.6 Å². The van der Waals surface area contributed by atoms with Crippen LogP contribution in [0.5, 0.6) is 0 Å². The molecule has 0 heterocycles. The second kappa shape index (κ2) is 9.02. The maximum Gasteiger partial charge on any atom is 0.335 e. The van der Waals surface area contributed by atoms with E-state index in [0.717, 1.165) is 25.7 Å². The lowest BCUT2D eigenvalue weighted by molar-refractivity contribution is -0.148. The van der Waals surface area contributed by atoms with Gasteiger partial charge < -0.3 is 9.84 Å². The molecule has 0 unspecified atom stereocenters. The van der Waals surface area contributed by atoms with Crippen molar-refractivity contribution in [3.63, 3.8) is 0 Å². The van der Waals surface area contributed by atoms with Crippen LogP contribution in [0.15, 0.2) is 36.4 Å². The number of hydrogen-bond acceptors (Lipinski definition) is 3. The minimum Gasteiger partial charge on any atom is -0.478 e. The largest absolute Gasteiger partial charge is 0.478 e. The number of aryl methyl sites for hydroxylation is 1. The highest BCUT2D eigenvalue weighted by atomic mass is 16.6. The van der Waals surface area contributed by atoms with Crippen LogP contribution in [0.3, 0.4) is 0 Å². The van der Waals surface area contributed by atoms with Gasteiger partial charge in [-0.15, -0.1) is 0 Å². The Bertz CT molecular complexity index is 629. The van der Waals surface area contributed by atoms with E-state index in [4.69, 9.17) is 9.84 Å². The van der Waals surface area contributed by atoms with Crippen LogP contribution < -0.4 is 0 Å². The Morgan fingerprint density at radius 1 is 1.12 bits per heavy atom. The van der Waals surface area contributed by atoms with Gasteiger partial charge in [-0.3, -0.25) is 0 Å². The zero-order valence-corrected chi connectivity index (χ0v) is 16.0. The maximum absolute atomic E-state index is 11.7. The van der Waals surface area contributed by atoms with Gasteiger partial charge in [-0.05, 0) is 88.8 Å². The molecule has 0 atom stereocenters. The van der Waals surface area contributed by atoms with Crippen LogP contribution in [0.4, 0.5) is 0 Å². The van der Waals surface area contributed by atoms with Gasteiger partial charge in [-0.25, -0.2) is 9.59 Å². The third-order valence-electron chi connectivity index (χ3n) is 4.84. The molecule has 1 saturated carbocycles. The predicted molar refractivity (Wildman–Crippen MR) is 102 cm³/mol. The molecule has 0 radical (unpaired) electrons. The predicted octanol–water partition coefficient (Wildman–Crippen LogP) is 5.02. The number of carbonyl (C=O) groups is 2. The van der Waals surface area contributed by atoms with Gasteiger partial charge in [0.1, 0.15) is 5.60 Å². The number of esters is 1. The molecule has 2 rings (SSSR count). The summed E-state index contributed by atoms with van der Waals surface area (Å²) >= 11 is 0. The van der Waals surface area contributed by atoms with E-state index < -0.39 is 11.6 Å². The van der Waals surface area contributed by atoms with Gasteiger partial charge in [-0.1, -0.05) is 18.2 Å². The number of carboxylic acid groups (broad SMARTS) is 1. The molecule has 142 valence electrons. The molecule has 1 aliphatic rings. The van der Waals surface area contributed by atoms with E-state index in [1.807, 2.05) is 39.0 Å². The van der Waals surface area contributed by atoms with Crippen LogP contribution >= 0.6 is 0 Å². The van der Waals surface area contributed by atoms with Crippen molar-refractivity contribution in [1.82, 2.24) is 0 Å². The second-order valence-corrected chi connectivity index (χ2v) is 8.21. The molecular weight excluding hydrogens is 328 g/mol. The number of benzene rings is 1. The highest BCUT2D eigenvalue weighted by Gasteiger charge is 2.20. The molecule has 0 aliphatic heterocycles. The number of hydrogen-bond donors (Lipinski definition) is 1. The van der Waals surface area contributed by atoms with E-state index in [-0.39, 0.29) is 5.97 Å². The number of carboxylic acids is 1. The van der Waals surface area contributed by atoms with E-state index in [2.05, 4.69) is 0 Å². The summed E-state index contributed by atoms with van der Waals surface area (Å²) < 4.78 is 5.30. The molecule has 4 heteroatoms. The van der Waals surface area contributed by atoms with E-state index in [0.29, 0.717) is 17.4 Å². The molecule has 0 saturated heterocycles. The summed E-state index contributed by atoms with van der Waals surface area (Å²) in [6.45, 7) is 5.62. The molecule has 1 fully saturated rings. The average molecular weight is 358 g/mol. The van der Waals surface area contributed by atoms with Crippen LogP contribution in [0.1, 0.15) is 68.8 Å². The number of carbonyl (C=O) groups excluding carboxylic acids is 1. The van der Waals surface area contributed by atoms with Gasteiger partial charge >= 0.3 is 11.9 Å². The van der Waals surface area contributed by atoms with Crippen molar-refractivity contribution in [2.24, 2.45) is 11.8 Å². The summed E-state index contributed by atoms with van der Waals surface area (Å²) in [5.74, 6) is 0.0349. The quantitative estimate of drug-likeness (QED) is 0.573. The first-order valence-electron chi connectivity index (χ1n) is 9.46. The lowest BCUT2D eigenvalue weighted by Gasteiger charge is -2.26. The SMILES string of the molecule is CC(C)(C)OC(=O)/C=C/C1CCC(CCc2ccc(C(=O)O)cc2)CC1. The van der Waals surface area contributed by atoms with Crippen LogP contribution in [0.2, 0.25) is 0 Å². The lowest BCUT2D eigenvalue weighted by atomic mass is 9.79. The van der Waals surface area contributed by atoms with Crippen molar-refractivity contribution in [2.45, 2.75) is 64.9 Å². The molecule has 26 heavy (non-hydrogen) atoms. The van der Waals surface area contributed by atoms with Crippen LogP contribution in [-0.2, 0) is 16.0 Å². The Morgan fingerprint density at radius 3 is 2.27 bits per heavy atom. The molecule has 0 aromatic heterocycles. The summed E-state index contributed by atoms with van der Waals surface area (Å²) in [6, 6.07) is 7.18. The molecule has 0 amide bonds. The van der Waals surface area contributed by atoms with Crippen LogP contribution in [0.25, 0.3) is 0 Å². The highest BCUT2D eigenvalue weighted by Crippen LogP contribution is 2.32. The van der Waals surface area contributed by atoms with Gasteiger partial charge in [0.2, 0.25) is 0 Å². The van der Waals surface area contributed by atoms with Crippen molar-refractivity contribution >= 4 is 11.9 Å². The van der Waals surface area contributed by atoms with Gasteiger partial charge in [0.25, 0.3) is 0 Å². The molecule has 0 bridgehead atoms. The van der Waals surface area contributed by atoms with Crippen molar-refractivity contribution in [3.05, 3.63) is 47.5 Å². The third-order valence-corrected chi connectivity index (χ3v) is 4.84. The van der Waals surface area contributed by atoms with E-state index >= 15 is 0 Å². The Morgan fingerprint density at radius 2 is 1.73 bits per heavy atom. The zero-order valence-electron chi connectivity index (χ0n) is 16.0. The van der Waals surface area contributed by atoms with E-state index in [1.165, 1.54) is 18.4 Å².